The maximum atomic E-state index is 12.5. The molecule has 0 saturated carbocycles. The van der Waals surface area contributed by atoms with Crippen molar-refractivity contribution in [3.05, 3.63) is 286 Å². The van der Waals surface area contributed by atoms with Crippen LogP contribution in [0.15, 0.2) is 236 Å². The molecule has 33 heteroatoms. The highest BCUT2D eigenvalue weighted by atomic mass is 17.1. The van der Waals surface area contributed by atoms with E-state index in [0.717, 1.165) is 53.9 Å². The third-order valence-corrected chi connectivity index (χ3v) is 20.9. The number of fused-ring (bicyclic) bond motifs is 15. The van der Waals surface area contributed by atoms with Crippen LogP contribution in [0.5, 0.6) is 0 Å². The second-order valence-electron chi connectivity index (χ2n) is 29.5. The quantitative estimate of drug-likeness (QED) is 0.0104. The predicted molar refractivity (Wildman–Crippen MR) is 477 cm³/mol. The van der Waals surface area contributed by atoms with Gasteiger partial charge >= 0.3 is 29.8 Å². The molecule has 126 heavy (non-hydrogen) atoms. The molecule has 0 fully saturated rings. The molecular weight excluding hydrogens is 1620 g/mol. The van der Waals surface area contributed by atoms with E-state index in [4.69, 9.17) is 26.3 Å². The van der Waals surface area contributed by atoms with Crippen molar-refractivity contribution in [1.82, 2.24) is 46.2 Å². The number of aromatic amines is 5. The Balaban J connectivity index is 0.000000153. The summed E-state index contributed by atoms with van der Waals surface area (Å²) < 4.78 is 0. The summed E-state index contributed by atoms with van der Waals surface area (Å²) in [5.41, 5.74) is 8.86. The normalized spacial score (nSPS) is 12.2. The number of aromatic nitrogens is 5. The van der Waals surface area contributed by atoms with Gasteiger partial charge in [-0.1, -0.05) is 136 Å². The highest BCUT2D eigenvalue weighted by Crippen LogP contribution is 2.29. The molecule has 0 aliphatic heterocycles. The molecule has 0 aliphatic rings. The van der Waals surface area contributed by atoms with Gasteiger partial charge in [0.15, 0.2) is 0 Å². The van der Waals surface area contributed by atoms with Gasteiger partial charge in [-0.3, -0.25) is 67.6 Å². The number of carbonyl (C=O) groups is 10. The van der Waals surface area contributed by atoms with E-state index in [1.54, 1.807) is 159 Å². The molecule has 5 atom stereocenters. The Bertz CT molecular complexity index is 7080. The van der Waals surface area contributed by atoms with Crippen LogP contribution in [0.4, 0.5) is 5.69 Å². The number of amides is 5. The van der Waals surface area contributed by atoms with Crippen molar-refractivity contribution in [1.29, 1.82) is 0 Å². The smallest absolute Gasteiger partial charge is 0.326 e. The summed E-state index contributed by atoms with van der Waals surface area (Å²) in [4.78, 5) is 195. The van der Waals surface area contributed by atoms with E-state index in [-0.39, 0.29) is 77.5 Å². The lowest BCUT2D eigenvalue weighted by molar-refractivity contribution is -0.246. The highest BCUT2D eigenvalue weighted by molar-refractivity contribution is 6.13. The minimum atomic E-state index is -1.11. The van der Waals surface area contributed by atoms with Gasteiger partial charge in [0.05, 0.1) is 12.5 Å². The number of nitrogens with two attached hydrogens (primary N) is 1. The van der Waals surface area contributed by atoms with Gasteiger partial charge in [0.2, 0.25) is 5.91 Å². The molecule has 0 saturated heterocycles. The Morgan fingerprint density at radius 3 is 1.07 bits per heavy atom. The van der Waals surface area contributed by atoms with Gasteiger partial charge < -0.3 is 82.8 Å². The minimum Gasteiger partial charge on any atom is -0.481 e. The van der Waals surface area contributed by atoms with Crippen LogP contribution in [0.2, 0.25) is 0 Å². The van der Waals surface area contributed by atoms with Gasteiger partial charge in [-0.05, 0) is 169 Å². The topological polar surface area (TPSA) is 552 Å². The molecule has 5 unspecified atom stereocenters. The Morgan fingerprint density at radius 1 is 0.365 bits per heavy atom. The molecule has 0 bridgehead atoms. The Kier molecular flexibility index (Phi) is 30.0. The van der Waals surface area contributed by atoms with Crippen molar-refractivity contribution in [2.75, 3.05) is 18.5 Å². The number of hydrogen-bond acceptors (Lipinski definition) is 18. The van der Waals surface area contributed by atoms with E-state index < -0.39 is 77.6 Å². The maximum absolute atomic E-state index is 12.5. The second-order valence-corrected chi connectivity index (χ2v) is 29.5. The first-order chi connectivity index (χ1) is 60.4. The number of pyridine rings is 5. The van der Waals surface area contributed by atoms with Crippen molar-refractivity contribution in [2.45, 2.75) is 96.3 Å². The monoisotopic (exact) mass is 1710 g/mol. The number of carbonyl (C=O) groups excluding carboxylic acids is 5. The van der Waals surface area contributed by atoms with Crippen molar-refractivity contribution >= 4 is 173 Å². The van der Waals surface area contributed by atoms with E-state index >= 15 is 0 Å². The van der Waals surface area contributed by atoms with Crippen LogP contribution in [0.1, 0.15) is 114 Å². The van der Waals surface area contributed by atoms with Crippen LogP contribution in [-0.2, 0) is 33.7 Å². The molecule has 10 aromatic carbocycles. The van der Waals surface area contributed by atoms with Gasteiger partial charge in [-0.2, -0.15) is 0 Å². The first kappa shape index (κ1) is 90.9. The third kappa shape index (κ3) is 22.3. The summed E-state index contributed by atoms with van der Waals surface area (Å²) in [5, 5.41) is 77.2. The molecule has 18 N–H and O–H groups in total. The molecule has 5 heterocycles. The van der Waals surface area contributed by atoms with Crippen LogP contribution in [-0.4, -0.2) is 152 Å². The predicted octanol–water partition coefficient (Wildman–Crippen LogP) is 11.4. The molecule has 15 rings (SSSR count). The van der Waals surface area contributed by atoms with E-state index in [9.17, 15) is 82.1 Å². The number of carboxylic acid groups (broad SMARTS) is 5. The van der Waals surface area contributed by atoms with Crippen molar-refractivity contribution in [2.24, 2.45) is 11.7 Å². The van der Waals surface area contributed by atoms with Crippen LogP contribution < -0.4 is 60.1 Å². The fraction of sp³-hybridized carbons (Fsp3) is 0.194. The van der Waals surface area contributed by atoms with E-state index in [1.807, 2.05) is 67.6 Å². The fourth-order valence-electron chi connectivity index (χ4n) is 14.1. The third-order valence-electron chi connectivity index (χ3n) is 20.9. The zero-order chi connectivity index (χ0) is 90.6. The van der Waals surface area contributed by atoms with E-state index in [0.29, 0.717) is 109 Å². The van der Waals surface area contributed by atoms with Crippen molar-refractivity contribution in [3.8, 4) is 0 Å². The number of unbranched alkanes of at least 4 members (excludes halogenated alkanes) is 1. The van der Waals surface area contributed by atoms with Gasteiger partial charge in [0.25, 0.3) is 51.4 Å². The molecular formula is C93H87N11O22. The standard InChI is InChI=1S/C20H21N3O4.C20H20N2O4.C19H18N2O6.2C17H14N2O4/c21-10-4-3-7-16(20(26)27)22-18(24)12-8-9-14-13-5-1-2-6-15(13)19(25)23-17(14)11-12;1-3-11(2)17(20(25)26)22-18(23)12-8-9-14-13-6-4-5-7-15(13)19(24)21-16(14)10-12;22-17(23)8-6-12(10-27-26)20-18(24)11-5-7-14-13-3-1-2-4-15(13)19(25)21-16(14)9-11;1-9(17(22)23)18-15(20)10-6-7-12-11-4-2-3-5-13(11)16(21)19-14(12)8-10;20-15(7-8-16(21)22)18-10-5-6-14-13(9-10)11-3-1-2-4-12(11)17(23)19-14/h1-2,5-6,8-9,11,16H,3-4,7,10,21H2,(H,22,24)(H,23,25)(H,26,27);4-11,17H,3H2,1-2H3,(H,21,24)(H,22,23)(H,25,26);1-5,7,9,12,26H,6,8,10H2,(H,20,24)(H,21,25)(H,22,23);2-9H,1H3,(H,18,20)(H,19,21)(H,22,23);1-6,9H,7-8H2,(H,18,20)(H,19,23)(H,21,22). The highest BCUT2D eigenvalue weighted by Gasteiger charge is 2.27. The van der Waals surface area contributed by atoms with Gasteiger partial charge in [0, 0.05) is 122 Å². The van der Waals surface area contributed by atoms with Crippen molar-refractivity contribution in [3.63, 3.8) is 0 Å². The molecule has 5 aromatic heterocycles. The van der Waals surface area contributed by atoms with Crippen LogP contribution >= 0.6 is 0 Å². The van der Waals surface area contributed by atoms with Crippen LogP contribution in [0, 0.1) is 5.92 Å². The average molecular weight is 1710 g/mol. The Labute approximate surface area is 712 Å². The lowest BCUT2D eigenvalue weighted by Gasteiger charge is -2.20. The van der Waals surface area contributed by atoms with Gasteiger partial charge in [-0.15, -0.1) is 0 Å². The first-order valence-electron chi connectivity index (χ1n) is 39.8. The molecule has 33 nitrogen and oxygen atoms in total. The average Bonchev–Trinajstić information content (AvgIpc) is 0.779. The number of anilines is 1. The SMILES string of the molecule is CC(NC(=O)c1ccc2c(c1)[nH]c(=O)c1ccccc12)C(=O)O.CCC(C)C(NC(=O)c1ccc2c(c1)[nH]c(=O)c1ccccc12)C(=O)O.NCCCCC(NC(=O)c1ccc2c(c1)[nH]c(=O)c1ccccc12)C(=O)O.O=C(O)CCC(=O)Nc1ccc2[nH]c(=O)c3ccccc3c2c1.O=C(O)CCC(COO)NC(=O)c1ccc2c(c1)[nH]c(=O)c1ccccc12. The summed E-state index contributed by atoms with van der Waals surface area (Å²) in [5.74, 6) is -7.77. The number of H-pyrrole nitrogens is 5. The number of nitrogens with one attached hydrogen (secondary N) is 10. The van der Waals surface area contributed by atoms with Crippen molar-refractivity contribution < 1.29 is 83.6 Å². The van der Waals surface area contributed by atoms with E-state index in [2.05, 4.69) is 56.4 Å². The molecule has 0 aliphatic carbocycles. The van der Waals surface area contributed by atoms with Gasteiger partial charge in [0.1, 0.15) is 24.7 Å². The lowest BCUT2D eigenvalue weighted by Crippen LogP contribution is -2.45. The Hall–Kier alpha value is -15.9. The largest absolute Gasteiger partial charge is 0.481 e. The number of carboxylic acids is 5. The number of aliphatic carboxylic acids is 5. The summed E-state index contributed by atoms with van der Waals surface area (Å²) in [6.07, 6.45) is 1.90. The summed E-state index contributed by atoms with van der Waals surface area (Å²) in [6, 6.07) is 57.5. The maximum Gasteiger partial charge on any atom is 0.326 e. The summed E-state index contributed by atoms with van der Waals surface area (Å²) in [6.45, 7) is 5.29. The summed E-state index contributed by atoms with van der Waals surface area (Å²) in [7, 11) is 0. The minimum absolute atomic E-state index is 0.0836. The van der Waals surface area contributed by atoms with Crippen LogP contribution in [0.3, 0.4) is 0 Å². The Morgan fingerprint density at radius 2 is 0.722 bits per heavy atom. The fourth-order valence-corrected chi connectivity index (χ4v) is 14.1. The van der Waals surface area contributed by atoms with E-state index in [1.165, 1.54) is 6.92 Å². The molecule has 0 spiro atoms. The number of hydrogen-bond donors (Lipinski definition) is 17. The summed E-state index contributed by atoms with van der Waals surface area (Å²) >= 11 is 0. The molecule has 0 radical (unpaired) electrons. The molecule has 15 aromatic rings. The first-order valence-corrected chi connectivity index (χ1v) is 39.8. The molecule has 5 amide bonds. The molecule has 646 valence electrons. The zero-order valence-electron chi connectivity index (χ0n) is 68.0. The lowest BCUT2D eigenvalue weighted by atomic mass is 9.98. The van der Waals surface area contributed by atoms with Crippen LogP contribution in [0.25, 0.3) is 108 Å². The second kappa shape index (κ2) is 41.6. The number of rotatable bonds is 26. The van der Waals surface area contributed by atoms with Gasteiger partial charge in [-0.25, -0.2) is 14.5 Å². The zero-order valence-corrected chi connectivity index (χ0v) is 68.0. The number of benzene rings is 10.